The second-order valence-corrected chi connectivity index (χ2v) is 11.9. The molecule has 1 aromatic carbocycles. The van der Waals surface area contributed by atoms with Gasteiger partial charge in [-0.3, -0.25) is 0 Å². The molecule has 0 bridgehead atoms. The smallest absolute Gasteiger partial charge is 0.330 e. The first-order valence-corrected chi connectivity index (χ1v) is 14.8. The van der Waals surface area contributed by atoms with Crippen molar-refractivity contribution in [1.82, 2.24) is 0 Å². The van der Waals surface area contributed by atoms with Gasteiger partial charge >= 0.3 is 5.97 Å². The maximum Gasteiger partial charge on any atom is 0.330 e. The van der Waals surface area contributed by atoms with Crippen LogP contribution < -0.4 is 0 Å². The van der Waals surface area contributed by atoms with Crippen molar-refractivity contribution in [3.05, 3.63) is 54.3 Å². The normalized spacial score (nSPS) is 47.2. The van der Waals surface area contributed by atoms with Crippen LogP contribution in [0.1, 0.15) is 12.5 Å². The second-order valence-electron chi connectivity index (χ2n) is 11.9. The largest absolute Gasteiger partial charge is 0.472 e. The molecule has 12 unspecified atom stereocenters. The van der Waals surface area contributed by atoms with Gasteiger partial charge in [0.05, 0.1) is 31.0 Å². The fraction of sp³-hybridized carbons (Fsp3) is 0.633. The first-order valence-electron chi connectivity index (χ1n) is 14.8. The van der Waals surface area contributed by atoms with Crippen molar-refractivity contribution in [2.75, 3.05) is 13.2 Å². The SMILES string of the molecule is CC1OC(O[C@H]2C3C=CO[C@@H](OC4OC(CO)C(O)C(O)C4O)C3[C@@]3(COC(=O)C=Cc4ccccc4)O[C@@H]23)C(O)C(O)C1O. The molecule has 5 aliphatic rings. The zero-order valence-electron chi connectivity index (χ0n) is 24.2. The highest BCUT2D eigenvalue weighted by Gasteiger charge is 2.77. The molecule has 3 saturated heterocycles. The molecule has 15 nitrogen and oxygen atoms in total. The van der Waals surface area contributed by atoms with E-state index in [0.717, 1.165) is 5.56 Å². The summed E-state index contributed by atoms with van der Waals surface area (Å²) >= 11 is 0. The summed E-state index contributed by atoms with van der Waals surface area (Å²) < 4.78 is 40.8. The molecule has 15 heteroatoms. The van der Waals surface area contributed by atoms with Crippen LogP contribution in [0.2, 0.25) is 0 Å². The van der Waals surface area contributed by atoms with E-state index in [2.05, 4.69) is 0 Å². The van der Waals surface area contributed by atoms with Gasteiger partial charge in [0.15, 0.2) is 12.6 Å². The van der Waals surface area contributed by atoms with Crippen LogP contribution in [-0.2, 0) is 38.0 Å². The number of aliphatic hydroxyl groups is 7. The Labute approximate surface area is 257 Å². The number of carbonyl (C=O) groups excluding carboxylic acids is 1. The van der Waals surface area contributed by atoms with Crippen LogP contribution in [0, 0.1) is 11.8 Å². The molecule has 0 amide bonds. The summed E-state index contributed by atoms with van der Waals surface area (Å²) in [7, 11) is 0. The zero-order valence-corrected chi connectivity index (χ0v) is 24.2. The Kier molecular flexibility index (Phi) is 9.33. The van der Waals surface area contributed by atoms with Crippen molar-refractivity contribution < 1.29 is 73.7 Å². The van der Waals surface area contributed by atoms with Crippen molar-refractivity contribution in [3.8, 4) is 0 Å². The Morgan fingerprint density at radius 3 is 2.29 bits per heavy atom. The lowest BCUT2D eigenvalue weighted by Gasteiger charge is -2.44. The number of aliphatic hydroxyl groups excluding tert-OH is 7. The molecule has 248 valence electrons. The van der Waals surface area contributed by atoms with E-state index in [1.54, 1.807) is 12.2 Å². The summed E-state index contributed by atoms with van der Waals surface area (Å²) in [6.07, 6.45) is -11.4. The van der Waals surface area contributed by atoms with Crippen molar-refractivity contribution in [3.63, 3.8) is 0 Å². The van der Waals surface area contributed by atoms with E-state index < -0.39 is 110 Å². The lowest BCUT2D eigenvalue weighted by molar-refractivity contribution is -0.347. The van der Waals surface area contributed by atoms with Gasteiger partial charge in [0.25, 0.3) is 0 Å². The number of rotatable bonds is 9. The molecule has 0 aromatic heterocycles. The summed E-state index contributed by atoms with van der Waals surface area (Å²) in [5.74, 6) is -2.00. The monoisotopic (exact) mass is 638 g/mol. The first-order chi connectivity index (χ1) is 21.6. The Morgan fingerprint density at radius 1 is 0.889 bits per heavy atom. The number of fused-ring (bicyclic) bond motifs is 3. The molecule has 16 atom stereocenters. The second kappa shape index (κ2) is 12.9. The van der Waals surface area contributed by atoms with Gasteiger partial charge in [-0.05, 0) is 24.6 Å². The Hall–Kier alpha value is -2.51. The van der Waals surface area contributed by atoms with Gasteiger partial charge in [0.2, 0.25) is 6.29 Å². The third-order valence-corrected chi connectivity index (χ3v) is 9.10. The fourth-order valence-corrected chi connectivity index (χ4v) is 6.53. The molecule has 1 saturated carbocycles. The number of carbonyl (C=O) groups is 1. The standard InChI is InChI=1S/C30H38O15/c1-13-19(33)21(35)23(37)28(41-13)43-25-15-9-10-39-27(44-29-24(38)22(36)20(34)16(11-31)42-29)18(15)30(26(25)45-30)12-40-17(32)8-7-14-5-3-2-4-6-14/h2-10,13,15-16,18-29,31,33-38H,11-12H2,1H3/t13?,15?,16?,18?,19?,20?,21?,22?,23?,24?,25-,26-,27-,28?,29?,30+/m0/s1. The number of ether oxygens (including phenoxy) is 7. The van der Waals surface area contributed by atoms with Gasteiger partial charge in [0.1, 0.15) is 61.0 Å². The number of esters is 1. The summed E-state index contributed by atoms with van der Waals surface area (Å²) in [6.45, 7) is 0.587. The molecule has 1 aliphatic carbocycles. The van der Waals surface area contributed by atoms with Crippen LogP contribution in [-0.4, -0.2) is 140 Å². The van der Waals surface area contributed by atoms with Gasteiger partial charge in [-0.15, -0.1) is 0 Å². The Balaban J connectivity index is 1.23. The van der Waals surface area contributed by atoms with Crippen LogP contribution in [0.15, 0.2) is 48.7 Å². The fourth-order valence-electron chi connectivity index (χ4n) is 6.53. The van der Waals surface area contributed by atoms with Crippen LogP contribution >= 0.6 is 0 Å². The van der Waals surface area contributed by atoms with E-state index in [0.29, 0.717) is 0 Å². The van der Waals surface area contributed by atoms with E-state index in [1.165, 1.54) is 19.3 Å². The lowest BCUT2D eigenvalue weighted by atomic mass is 9.85. The van der Waals surface area contributed by atoms with Crippen molar-refractivity contribution in [1.29, 1.82) is 0 Å². The van der Waals surface area contributed by atoms with Crippen LogP contribution in [0.3, 0.4) is 0 Å². The zero-order chi connectivity index (χ0) is 32.0. The summed E-state index contributed by atoms with van der Waals surface area (Å²) in [5, 5.41) is 71.7. The molecule has 1 aromatic rings. The molecule has 0 spiro atoms. The molecule has 7 N–H and O–H groups in total. The molecule has 4 aliphatic heterocycles. The maximum absolute atomic E-state index is 12.7. The molecule has 45 heavy (non-hydrogen) atoms. The van der Waals surface area contributed by atoms with Gasteiger partial charge in [-0.25, -0.2) is 4.79 Å². The Morgan fingerprint density at radius 2 is 1.58 bits per heavy atom. The molecule has 4 heterocycles. The van der Waals surface area contributed by atoms with Gasteiger partial charge in [-0.2, -0.15) is 0 Å². The van der Waals surface area contributed by atoms with E-state index in [9.17, 15) is 40.5 Å². The van der Waals surface area contributed by atoms with E-state index in [4.69, 9.17) is 33.2 Å². The highest BCUT2D eigenvalue weighted by atomic mass is 16.8. The first kappa shape index (κ1) is 32.4. The summed E-state index contributed by atoms with van der Waals surface area (Å²) in [5.41, 5.74) is -0.452. The van der Waals surface area contributed by atoms with Crippen LogP contribution in [0.4, 0.5) is 0 Å². The lowest BCUT2D eigenvalue weighted by Crippen LogP contribution is -2.60. The van der Waals surface area contributed by atoms with Gasteiger partial charge in [-0.1, -0.05) is 30.3 Å². The Bertz CT molecular complexity index is 1240. The predicted molar refractivity (Wildman–Crippen MR) is 147 cm³/mol. The van der Waals surface area contributed by atoms with Crippen molar-refractivity contribution in [2.24, 2.45) is 11.8 Å². The predicted octanol–water partition coefficient (Wildman–Crippen LogP) is -2.47. The minimum atomic E-state index is -1.71. The summed E-state index contributed by atoms with van der Waals surface area (Å²) in [6, 6.07) is 9.13. The highest BCUT2D eigenvalue weighted by Crippen LogP contribution is 2.61. The molecular formula is C30H38O15. The number of hydrogen-bond acceptors (Lipinski definition) is 15. The van der Waals surface area contributed by atoms with Crippen LogP contribution in [0.5, 0.6) is 0 Å². The minimum Gasteiger partial charge on any atom is -0.472 e. The average molecular weight is 639 g/mol. The molecule has 0 radical (unpaired) electrons. The average Bonchev–Trinajstić information content (AvgIpc) is 3.71. The third-order valence-electron chi connectivity index (χ3n) is 9.10. The maximum atomic E-state index is 12.7. The van der Waals surface area contributed by atoms with Crippen molar-refractivity contribution in [2.45, 2.75) is 92.4 Å². The summed E-state index contributed by atoms with van der Waals surface area (Å²) in [4.78, 5) is 12.7. The molecule has 4 fully saturated rings. The number of benzene rings is 1. The van der Waals surface area contributed by atoms with Gasteiger partial charge in [0, 0.05) is 12.0 Å². The van der Waals surface area contributed by atoms with E-state index in [-0.39, 0.29) is 6.61 Å². The van der Waals surface area contributed by atoms with E-state index >= 15 is 0 Å². The number of epoxide rings is 1. The molecular weight excluding hydrogens is 600 g/mol. The molecule has 6 rings (SSSR count). The number of hydrogen-bond donors (Lipinski definition) is 7. The van der Waals surface area contributed by atoms with Crippen molar-refractivity contribution >= 4 is 12.0 Å². The van der Waals surface area contributed by atoms with E-state index in [1.807, 2.05) is 30.3 Å². The third kappa shape index (κ3) is 6.04. The highest BCUT2D eigenvalue weighted by molar-refractivity contribution is 5.87. The minimum absolute atomic E-state index is 0.270. The topological polar surface area (TPSA) is 227 Å². The van der Waals surface area contributed by atoms with Gasteiger partial charge < -0.3 is 68.9 Å². The van der Waals surface area contributed by atoms with Crippen LogP contribution in [0.25, 0.3) is 6.08 Å². The quantitative estimate of drug-likeness (QED) is 0.0845.